The van der Waals surface area contributed by atoms with Gasteiger partial charge in [-0.05, 0) is 75.6 Å². The minimum atomic E-state index is -0.729. The molecule has 7 nitrogen and oxygen atoms in total. The van der Waals surface area contributed by atoms with Crippen LogP contribution in [0.1, 0.15) is 68.4 Å². The summed E-state index contributed by atoms with van der Waals surface area (Å²) in [6.45, 7) is 7.50. The van der Waals surface area contributed by atoms with Gasteiger partial charge in [0.2, 0.25) is 5.78 Å². The summed E-state index contributed by atoms with van der Waals surface area (Å²) in [7, 11) is 0. The fraction of sp³-hybridized carbons (Fsp3) is 0.609. The number of halogens is 1. The SMILES string of the molecule is CCC1CC(C(=O)OCC(=O)c2ccc(OI)c3c2CCC3)N(C(=O)OC(C)(C)C)C1. The van der Waals surface area contributed by atoms with Gasteiger partial charge in [0.1, 0.15) is 17.4 Å². The lowest BCUT2D eigenvalue weighted by Crippen LogP contribution is -2.44. The molecular weight excluding hydrogens is 513 g/mol. The van der Waals surface area contributed by atoms with Crippen molar-refractivity contribution in [1.82, 2.24) is 4.90 Å². The molecular formula is C23H30INO6. The monoisotopic (exact) mass is 543 g/mol. The minimum absolute atomic E-state index is 0.199. The van der Waals surface area contributed by atoms with Crippen LogP contribution in [0.5, 0.6) is 5.75 Å². The molecule has 0 saturated carbocycles. The van der Waals surface area contributed by atoms with Crippen LogP contribution in [0.25, 0.3) is 0 Å². The van der Waals surface area contributed by atoms with Gasteiger partial charge in [0.05, 0.1) is 0 Å². The fourth-order valence-electron chi connectivity index (χ4n) is 4.28. The van der Waals surface area contributed by atoms with E-state index in [1.54, 1.807) is 32.9 Å². The summed E-state index contributed by atoms with van der Waals surface area (Å²) in [4.78, 5) is 39.7. The first-order chi connectivity index (χ1) is 14.6. The molecule has 1 fully saturated rings. The van der Waals surface area contributed by atoms with Crippen molar-refractivity contribution in [1.29, 1.82) is 0 Å². The van der Waals surface area contributed by atoms with Crippen LogP contribution in [0.2, 0.25) is 0 Å². The molecule has 31 heavy (non-hydrogen) atoms. The molecule has 8 heteroatoms. The second-order valence-electron chi connectivity index (χ2n) is 9.19. The fourth-order valence-corrected chi connectivity index (χ4v) is 4.69. The molecule has 1 aromatic carbocycles. The molecule has 0 radical (unpaired) electrons. The largest absolute Gasteiger partial charge is 0.456 e. The zero-order valence-corrected chi connectivity index (χ0v) is 20.7. The Morgan fingerprint density at radius 3 is 2.52 bits per heavy atom. The number of fused-ring (bicyclic) bond motifs is 1. The zero-order valence-electron chi connectivity index (χ0n) is 18.5. The van der Waals surface area contributed by atoms with Crippen molar-refractivity contribution in [2.75, 3.05) is 13.2 Å². The van der Waals surface area contributed by atoms with Gasteiger partial charge in [0, 0.05) is 12.1 Å². The van der Waals surface area contributed by atoms with Crippen molar-refractivity contribution in [3.63, 3.8) is 0 Å². The van der Waals surface area contributed by atoms with E-state index in [1.165, 1.54) is 4.90 Å². The molecule has 170 valence electrons. The lowest BCUT2D eigenvalue weighted by Gasteiger charge is -2.27. The van der Waals surface area contributed by atoms with Crippen molar-refractivity contribution < 1.29 is 26.9 Å². The van der Waals surface area contributed by atoms with Crippen LogP contribution in [0, 0.1) is 5.92 Å². The Morgan fingerprint density at radius 1 is 1.16 bits per heavy atom. The molecule has 2 unspecified atom stereocenters. The van der Waals surface area contributed by atoms with Gasteiger partial charge in [-0.2, -0.15) is 0 Å². The van der Waals surface area contributed by atoms with E-state index < -0.39 is 23.7 Å². The molecule has 2 aliphatic rings. The number of likely N-dealkylation sites (tertiary alicyclic amines) is 1. The van der Waals surface area contributed by atoms with E-state index in [0.717, 1.165) is 42.6 Å². The lowest BCUT2D eigenvalue weighted by molar-refractivity contribution is -0.147. The molecule has 0 aromatic heterocycles. The molecule has 1 saturated heterocycles. The molecule has 1 aliphatic carbocycles. The standard InChI is InChI=1S/C23H30INO6/c1-5-14-11-18(25(12-14)22(28)30-23(2,3)4)21(27)29-13-19(26)16-9-10-20(31-24)17-8-6-7-15(16)17/h9-10,14,18H,5-8,11-13H2,1-4H3. The van der Waals surface area contributed by atoms with E-state index in [4.69, 9.17) is 12.5 Å². The Bertz CT molecular complexity index is 862. The van der Waals surface area contributed by atoms with Gasteiger partial charge < -0.3 is 12.5 Å². The first-order valence-electron chi connectivity index (χ1n) is 10.8. The Hall–Kier alpha value is -1.84. The maximum absolute atomic E-state index is 12.8. The van der Waals surface area contributed by atoms with Crippen LogP contribution in [0.15, 0.2) is 12.1 Å². The van der Waals surface area contributed by atoms with Gasteiger partial charge in [-0.25, -0.2) is 9.59 Å². The maximum Gasteiger partial charge on any atom is 0.411 e. The molecule has 0 N–H and O–H groups in total. The van der Waals surface area contributed by atoms with Gasteiger partial charge in [-0.15, -0.1) is 0 Å². The average Bonchev–Trinajstić information content (AvgIpc) is 3.37. The number of rotatable bonds is 6. The third-order valence-electron chi connectivity index (χ3n) is 5.84. The second kappa shape index (κ2) is 9.75. The van der Waals surface area contributed by atoms with Gasteiger partial charge >= 0.3 is 12.1 Å². The van der Waals surface area contributed by atoms with Crippen LogP contribution in [0.3, 0.4) is 0 Å². The lowest BCUT2D eigenvalue weighted by atomic mass is 9.99. The Balaban J connectivity index is 1.67. The Labute approximate surface area is 197 Å². The highest BCUT2D eigenvalue weighted by atomic mass is 127. The number of carbonyl (C=O) groups is 3. The van der Waals surface area contributed by atoms with Crippen molar-refractivity contribution in [3.05, 3.63) is 28.8 Å². The maximum atomic E-state index is 12.8. The summed E-state index contributed by atoms with van der Waals surface area (Å²) in [6.07, 6.45) is 3.49. The van der Waals surface area contributed by atoms with E-state index in [2.05, 4.69) is 0 Å². The molecule has 1 aliphatic heterocycles. The second-order valence-corrected chi connectivity index (χ2v) is 9.63. The summed E-state index contributed by atoms with van der Waals surface area (Å²) >= 11 is 1.85. The average molecular weight is 543 g/mol. The summed E-state index contributed by atoms with van der Waals surface area (Å²) < 4.78 is 16.2. The van der Waals surface area contributed by atoms with Gasteiger partial charge in [-0.1, -0.05) is 13.3 Å². The number of esters is 1. The van der Waals surface area contributed by atoms with E-state index in [9.17, 15) is 14.4 Å². The number of amides is 1. The zero-order chi connectivity index (χ0) is 22.8. The van der Waals surface area contributed by atoms with E-state index in [0.29, 0.717) is 18.5 Å². The summed E-state index contributed by atoms with van der Waals surface area (Å²) in [5.41, 5.74) is 1.97. The number of ketones is 1. The molecule has 1 amide bonds. The highest BCUT2D eigenvalue weighted by Crippen LogP contribution is 2.34. The molecule has 1 heterocycles. The summed E-state index contributed by atoms with van der Waals surface area (Å²) in [5.74, 6) is 0.190. The normalized spacial score (nSPS) is 20.4. The summed E-state index contributed by atoms with van der Waals surface area (Å²) in [6, 6.07) is 2.80. The minimum Gasteiger partial charge on any atom is -0.456 e. The van der Waals surface area contributed by atoms with Crippen molar-refractivity contribution in [3.8, 4) is 5.75 Å². The van der Waals surface area contributed by atoms with Crippen LogP contribution >= 0.6 is 23.0 Å². The number of benzene rings is 1. The number of hydrogen-bond donors (Lipinski definition) is 0. The highest BCUT2D eigenvalue weighted by Gasteiger charge is 2.42. The van der Waals surface area contributed by atoms with Gasteiger partial charge in [0.15, 0.2) is 29.6 Å². The number of hydrogen-bond acceptors (Lipinski definition) is 6. The molecule has 3 rings (SSSR count). The third-order valence-corrected chi connectivity index (χ3v) is 6.31. The quantitative estimate of drug-likeness (QED) is 0.295. The smallest absolute Gasteiger partial charge is 0.411 e. The van der Waals surface area contributed by atoms with Crippen LogP contribution in [-0.2, 0) is 27.1 Å². The van der Waals surface area contributed by atoms with E-state index in [-0.39, 0.29) is 18.3 Å². The van der Waals surface area contributed by atoms with Crippen molar-refractivity contribution >= 4 is 40.9 Å². The van der Waals surface area contributed by atoms with E-state index >= 15 is 0 Å². The number of ether oxygens (including phenoxy) is 2. The molecule has 0 bridgehead atoms. The van der Waals surface area contributed by atoms with Crippen LogP contribution in [0.4, 0.5) is 4.79 Å². The molecule has 1 aromatic rings. The summed E-state index contributed by atoms with van der Waals surface area (Å²) in [5, 5.41) is 0. The van der Waals surface area contributed by atoms with Crippen LogP contribution in [-0.4, -0.2) is 47.5 Å². The van der Waals surface area contributed by atoms with E-state index in [1.807, 2.05) is 29.9 Å². The third kappa shape index (κ3) is 5.51. The Kier molecular flexibility index (Phi) is 7.49. The topological polar surface area (TPSA) is 82.1 Å². The van der Waals surface area contributed by atoms with Crippen molar-refractivity contribution in [2.24, 2.45) is 5.92 Å². The predicted molar refractivity (Wildman–Crippen MR) is 124 cm³/mol. The number of Topliss-reactive ketones (excluding diaryl/α,β-unsaturated/α-hetero) is 1. The molecule has 0 spiro atoms. The first-order valence-corrected chi connectivity index (χ1v) is 11.7. The van der Waals surface area contributed by atoms with Crippen molar-refractivity contribution in [2.45, 2.75) is 71.4 Å². The predicted octanol–water partition coefficient (Wildman–Crippen LogP) is 4.67. The molecule has 2 atom stereocenters. The van der Waals surface area contributed by atoms with Gasteiger partial charge in [-0.3, -0.25) is 9.69 Å². The number of nitrogens with zero attached hydrogens (tertiary/aromatic N) is 1. The highest BCUT2D eigenvalue weighted by molar-refractivity contribution is 14.1. The number of carbonyl (C=O) groups excluding carboxylic acids is 3. The van der Waals surface area contributed by atoms with Gasteiger partial charge in [0.25, 0.3) is 0 Å². The Morgan fingerprint density at radius 2 is 1.87 bits per heavy atom. The first kappa shape index (κ1) is 23.8. The van der Waals surface area contributed by atoms with Crippen LogP contribution < -0.4 is 3.07 Å².